The Kier molecular flexibility index (Phi) is 4.51. The zero-order chi connectivity index (χ0) is 14.5. The summed E-state index contributed by atoms with van der Waals surface area (Å²) in [6.07, 6.45) is 2.00. The van der Waals surface area contributed by atoms with Crippen LogP contribution in [0.1, 0.15) is 47.2 Å². The van der Waals surface area contributed by atoms with E-state index in [1.165, 1.54) is 12.1 Å². The lowest BCUT2D eigenvalue weighted by Gasteiger charge is -2.17. The first-order valence-corrected chi connectivity index (χ1v) is 6.77. The van der Waals surface area contributed by atoms with Gasteiger partial charge in [0, 0.05) is 11.5 Å². The van der Waals surface area contributed by atoms with Crippen LogP contribution in [0.4, 0.5) is 4.39 Å². The van der Waals surface area contributed by atoms with Crippen molar-refractivity contribution >= 4 is 5.91 Å². The molecule has 20 heavy (non-hydrogen) atoms. The smallest absolute Gasteiger partial charge is 0.248 e. The zero-order valence-electron chi connectivity index (χ0n) is 11.5. The van der Waals surface area contributed by atoms with Gasteiger partial charge in [-0.15, -0.1) is 0 Å². The second kappa shape index (κ2) is 6.33. The summed E-state index contributed by atoms with van der Waals surface area (Å²) in [6, 6.07) is 13.9. The minimum atomic E-state index is -0.426. The average Bonchev–Trinajstić information content (AvgIpc) is 2.46. The zero-order valence-corrected chi connectivity index (χ0v) is 11.5. The Morgan fingerprint density at radius 1 is 1.05 bits per heavy atom. The van der Waals surface area contributed by atoms with Gasteiger partial charge < -0.3 is 5.73 Å². The van der Waals surface area contributed by atoms with Crippen molar-refractivity contribution in [3.63, 3.8) is 0 Å². The topological polar surface area (TPSA) is 43.1 Å². The van der Waals surface area contributed by atoms with Gasteiger partial charge in [-0.25, -0.2) is 4.39 Å². The van der Waals surface area contributed by atoms with Crippen molar-refractivity contribution in [2.45, 2.75) is 25.7 Å². The number of carbonyl (C=O) groups is 1. The van der Waals surface area contributed by atoms with Crippen molar-refractivity contribution < 1.29 is 9.18 Å². The monoisotopic (exact) mass is 271 g/mol. The molecule has 0 fully saturated rings. The second-order valence-corrected chi connectivity index (χ2v) is 4.88. The SMILES string of the molecule is CCCC(c1ccc(F)cc1)c1ccc(C(N)=O)cc1. The largest absolute Gasteiger partial charge is 0.366 e. The van der Waals surface area contributed by atoms with Gasteiger partial charge in [0.1, 0.15) is 5.82 Å². The highest BCUT2D eigenvalue weighted by molar-refractivity contribution is 5.92. The molecule has 1 amide bonds. The van der Waals surface area contributed by atoms with Gasteiger partial charge in [0.25, 0.3) is 0 Å². The van der Waals surface area contributed by atoms with E-state index in [1.807, 2.05) is 24.3 Å². The molecule has 2 aromatic rings. The lowest BCUT2D eigenvalue weighted by Crippen LogP contribution is -2.11. The number of carbonyl (C=O) groups excluding carboxylic acids is 1. The van der Waals surface area contributed by atoms with Gasteiger partial charge in [0.15, 0.2) is 0 Å². The third-order valence-corrected chi connectivity index (χ3v) is 3.45. The number of hydrogen-bond donors (Lipinski definition) is 1. The number of rotatable bonds is 5. The Bertz CT molecular complexity index is 575. The molecular formula is C17H18FNO. The standard InChI is InChI=1S/C17H18FNO/c1-2-3-16(13-8-10-15(18)11-9-13)12-4-6-14(7-5-12)17(19)20/h4-11,16H,2-3H2,1H3,(H2,19,20). The fourth-order valence-electron chi connectivity index (χ4n) is 2.39. The van der Waals surface area contributed by atoms with Gasteiger partial charge in [-0.2, -0.15) is 0 Å². The normalized spacial score (nSPS) is 12.1. The van der Waals surface area contributed by atoms with Crippen LogP contribution in [-0.4, -0.2) is 5.91 Å². The number of nitrogens with two attached hydrogens (primary N) is 1. The number of amides is 1. The Balaban J connectivity index is 2.32. The van der Waals surface area contributed by atoms with Gasteiger partial charge in [-0.1, -0.05) is 37.6 Å². The number of halogens is 1. The third-order valence-electron chi connectivity index (χ3n) is 3.45. The van der Waals surface area contributed by atoms with Crippen LogP contribution < -0.4 is 5.73 Å². The first-order chi connectivity index (χ1) is 9.61. The summed E-state index contributed by atoms with van der Waals surface area (Å²) in [7, 11) is 0. The van der Waals surface area contributed by atoms with Gasteiger partial charge in [0.05, 0.1) is 0 Å². The summed E-state index contributed by atoms with van der Waals surface area (Å²) in [5.74, 6) is -0.444. The lowest BCUT2D eigenvalue weighted by molar-refractivity contribution is 0.100. The van der Waals surface area contributed by atoms with Crippen LogP contribution >= 0.6 is 0 Å². The minimum Gasteiger partial charge on any atom is -0.366 e. The van der Waals surface area contributed by atoms with Crippen LogP contribution in [0.2, 0.25) is 0 Å². The van der Waals surface area contributed by atoms with Crippen molar-refractivity contribution in [1.29, 1.82) is 0 Å². The second-order valence-electron chi connectivity index (χ2n) is 4.88. The molecule has 2 aromatic carbocycles. The van der Waals surface area contributed by atoms with Crippen LogP contribution in [0, 0.1) is 5.82 Å². The molecule has 0 aliphatic rings. The Morgan fingerprint density at radius 2 is 1.55 bits per heavy atom. The molecule has 2 nitrogen and oxygen atoms in total. The fraction of sp³-hybridized carbons (Fsp3) is 0.235. The maximum absolute atomic E-state index is 13.0. The minimum absolute atomic E-state index is 0.211. The average molecular weight is 271 g/mol. The molecule has 0 bridgehead atoms. The molecule has 104 valence electrons. The molecule has 0 aromatic heterocycles. The molecule has 3 heteroatoms. The van der Waals surface area contributed by atoms with Crippen LogP contribution in [0.15, 0.2) is 48.5 Å². The molecule has 0 saturated carbocycles. The predicted octanol–water partition coefficient (Wildman–Crippen LogP) is 3.86. The van der Waals surface area contributed by atoms with Crippen molar-refractivity contribution in [3.05, 3.63) is 71.0 Å². The van der Waals surface area contributed by atoms with Crippen molar-refractivity contribution in [2.24, 2.45) is 5.73 Å². The summed E-state index contributed by atoms with van der Waals surface area (Å²) in [5, 5.41) is 0. The first kappa shape index (κ1) is 14.3. The van der Waals surface area contributed by atoms with Crippen LogP contribution in [-0.2, 0) is 0 Å². The van der Waals surface area contributed by atoms with E-state index in [0.717, 1.165) is 24.0 Å². The van der Waals surface area contributed by atoms with E-state index >= 15 is 0 Å². The third kappa shape index (κ3) is 3.23. The molecule has 1 unspecified atom stereocenters. The van der Waals surface area contributed by atoms with Gasteiger partial charge in [-0.3, -0.25) is 4.79 Å². The van der Waals surface area contributed by atoms with Crippen LogP contribution in [0.5, 0.6) is 0 Å². The van der Waals surface area contributed by atoms with Crippen molar-refractivity contribution in [2.75, 3.05) is 0 Å². The van der Waals surface area contributed by atoms with Gasteiger partial charge >= 0.3 is 0 Å². The maximum atomic E-state index is 13.0. The van der Waals surface area contributed by atoms with E-state index in [4.69, 9.17) is 5.73 Å². The van der Waals surface area contributed by atoms with Crippen molar-refractivity contribution in [1.82, 2.24) is 0 Å². The summed E-state index contributed by atoms with van der Waals surface area (Å²) >= 11 is 0. The van der Waals surface area contributed by atoms with E-state index in [9.17, 15) is 9.18 Å². The molecular weight excluding hydrogens is 253 g/mol. The number of benzene rings is 2. The van der Waals surface area contributed by atoms with E-state index in [1.54, 1.807) is 12.1 Å². The number of hydrogen-bond acceptors (Lipinski definition) is 1. The highest BCUT2D eigenvalue weighted by Crippen LogP contribution is 2.29. The van der Waals surface area contributed by atoms with Gasteiger partial charge in [-0.05, 0) is 41.8 Å². The lowest BCUT2D eigenvalue weighted by atomic mass is 9.87. The fourth-order valence-corrected chi connectivity index (χ4v) is 2.39. The quantitative estimate of drug-likeness (QED) is 0.881. The first-order valence-electron chi connectivity index (χ1n) is 6.77. The highest BCUT2D eigenvalue weighted by atomic mass is 19.1. The van der Waals surface area contributed by atoms with Crippen LogP contribution in [0.25, 0.3) is 0 Å². The highest BCUT2D eigenvalue weighted by Gasteiger charge is 2.13. The van der Waals surface area contributed by atoms with E-state index in [2.05, 4.69) is 6.92 Å². The van der Waals surface area contributed by atoms with E-state index in [0.29, 0.717) is 5.56 Å². The number of primary amides is 1. The summed E-state index contributed by atoms with van der Waals surface area (Å²) in [6.45, 7) is 2.12. The maximum Gasteiger partial charge on any atom is 0.248 e. The summed E-state index contributed by atoms with van der Waals surface area (Å²) in [4.78, 5) is 11.1. The van der Waals surface area contributed by atoms with Gasteiger partial charge in [0.2, 0.25) is 5.91 Å². The van der Waals surface area contributed by atoms with E-state index < -0.39 is 5.91 Å². The molecule has 0 saturated heterocycles. The molecule has 0 radical (unpaired) electrons. The van der Waals surface area contributed by atoms with Crippen LogP contribution in [0.3, 0.4) is 0 Å². The van der Waals surface area contributed by atoms with E-state index in [-0.39, 0.29) is 11.7 Å². The Labute approximate surface area is 118 Å². The molecule has 0 aliphatic carbocycles. The Morgan fingerprint density at radius 3 is 2.00 bits per heavy atom. The summed E-state index contributed by atoms with van der Waals surface area (Å²) < 4.78 is 13.0. The molecule has 0 heterocycles. The molecule has 2 rings (SSSR count). The summed E-state index contributed by atoms with van der Waals surface area (Å²) in [5.41, 5.74) is 7.95. The molecule has 0 aliphatic heterocycles. The molecule has 1 atom stereocenters. The molecule has 2 N–H and O–H groups in total. The van der Waals surface area contributed by atoms with Crippen molar-refractivity contribution in [3.8, 4) is 0 Å². The molecule has 0 spiro atoms. The predicted molar refractivity (Wildman–Crippen MR) is 78.1 cm³/mol. The Hall–Kier alpha value is -2.16.